The molecule has 6 heterocycles. The number of likely N-dealkylation sites (tertiary alicyclic amines) is 1. The lowest BCUT2D eigenvalue weighted by Crippen LogP contribution is -2.54. The monoisotopic (exact) mass is 1010 g/mol. The van der Waals surface area contributed by atoms with Gasteiger partial charge in [-0.25, -0.2) is 19.6 Å². The van der Waals surface area contributed by atoms with E-state index in [1.54, 1.807) is 49.4 Å². The summed E-state index contributed by atoms with van der Waals surface area (Å²) in [6, 6.07) is 9.32. The van der Waals surface area contributed by atoms with Crippen LogP contribution >= 0.6 is 0 Å². The van der Waals surface area contributed by atoms with Crippen LogP contribution in [0.5, 0.6) is 11.5 Å². The first-order valence-corrected chi connectivity index (χ1v) is 24.3. The number of anilines is 2. The number of piperidine rings is 1. The summed E-state index contributed by atoms with van der Waals surface area (Å²) in [6.07, 6.45) is 4.76. The lowest BCUT2D eigenvalue weighted by atomic mass is 9.94. The number of carbonyl (C=O) groups is 6. The molecule has 0 radical (unpaired) electrons. The van der Waals surface area contributed by atoms with E-state index < -0.39 is 29.7 Å². The Morgan fingerprint density at radius 1 is 0.689 bits per heavy atom. The molecule has 6 aromatic rings. The minimum atomic E-state index is -0.980. The number of primary amides is 2. The highest BCUT2D eigenvalue weighted by atomic mass is 16.5. The van der Waals surface area contributed by atoms with E-state index in [1.807, 2.05) is 30.9 Å². The third-order valence-corrected chi connectivity index (χ3v) is 13.0. The summed E-state index contributed by atoms with van der Waals surface area (Å²) in [6.45, 7) is 10.8. The lowest BCUT2D eigenvalue weighted by Gasteiger charge is -2.38. The van der Waals surface area contributed by atoms with Crippen LogP contribution in [0.2, 0.25) is 0 Å². The molecule has 388 valence electrons. The summed E-state index contributed by atoms with van der Waals surface area (Å²) in [4.78, 5) is 91.5. The topological polar surface area (TPSA) is 298 Å². The number of aromatic nitrogens is 8. The number of rotatable bonds is 16. The summed E-state index contributed by atoms with van der Waals surface area (Å²) in [5, 5.41) is 23.9. The van der Waals surface area contributed by atoms with Crippen molar-refractivity contribution in [1.82, 2.24) is 53.4 Å². The summed E-state index contributed by atoms with van der Waals surface area (Å²) in [7, 11) is 1.45. The van der Waals surface area contributed by atoms with Gasteiger partial charge < -0.3 is 49.9 Å². The number of amides is 7. The smallest absolute Gasteiger partial charge is 0.407 e. The molecule has 0 spiro atoms. The molecule has 2 aliphatic rings. The van der Waals surface area contributed by atoms with E-state index in [9.17, 15) is 33.9 Å². The minimum Gasteiger partial charge on any atom is -0.494 e. The fourth-order valence-electron chi connectivity index (χ4n) is 9.19. The quantitative estimate of drug-likeness (QED) is 0.0668. The number of hydrogen-bond acceptors (Lipinski definition) is 12. The number of nitrogens with zero attached hydrogens (tertiary/aromatic N) is 11. The third kappa shape index (κ3) is 11.1. The Balaban J connectivity index is 1.05. The number of carbonyl (C=O) groups excluding carboxylic acids is 5. The Morgan fingerprint density at radius 3 is 1.64 bits per heavy atom. The van der Waals surface area contributed by atoms with Gasteiger partial charge in [0.1, 0.15) is 40.5 Å². The molecule has 8 rings (SSSR count). The van der Waals surface area contributed by atoms with E-state index in [2.05, 4.69) is 32.7 Å². The van der Waals surface area contributed by atoms with Gasteiger partial charge in [0.2, 0.25) is 23.7 Å². The number of fused-ring (bicyclic) bond motifs is 2. The van der Waals surface area contributed by atoms with Crippen molar-refractivity contribution in [3.8, 4) is 23.3 Å². The first kappa shape index (κ1) is 51.5. The normalized spacial score (nSPS) is 14.1. The maximum absolute atomic E-state index is 13.9. The Labute approximate surface area is 425 Å². The van der Waals surface area contributed by atoms with E-state index in [1.165, 1.54) is 36.3 Å². The third-order valence-electron chi connectivity index (χ3n) is 13.0. The molecule has 0 aliphatic carbocycles. The van der Waals surface area contributed by atoms with Crippen LogP contribution in [-0.4, -0.2) is 147 Å². The average Bonchev–Trinajstić information content (AvgIpc) is 4.17. The number of aryl methyl sites for hydroxylation is 4. The lowest BCUT2D eigenvalue weighted by molar-refractivity contribution is 0.0923. The van der Waals surface area contributed by atoms with E-state index in [0.717, 1.165) is 12.8 Å². The molecule has 24 nitrogen and oxygen atoms in total. The predicted octanol–water partition coefficient (Wildman–Crippen LogP) is 4.30. The number of hydrogen-bond donors (Lipinski definition) is 5. The van der Waals surface area contributed by atoms with Crippen LogP contribution in [0.15, 0.2) is 48.6 Å². The number of nitrogens with two attached hydrogens (primary N) is 2. The molecule has 2 saturated heterocycles. The van der Waals surface area contributed by atoms with Crippen molar-refractivity contribution in [2.75, 3.05) is 63.6 Å². The molecule has 0 unspecified atom stereocenters. The maximum Gasteiger partial charge on any atom is 0.407 e. The minimum absolute atomic E-state index is 0.0608. The van der Waals surface area contributed by atoms with E-state index in [4.69, 9.17) is 30.9 Å². The molecule has 2 aromatic carbocycles. The second-order valence-electron chi connectivity index (χ2n) is 17.9. The molecule has 0 bridgehead atoms. The zero-order valence-electron chi connectivity index (χ0n) is 41.9. The molecule has 4 aromatic heterocycles. The summed E-state index contributed by atoms with van der Waals surface area (Å²) in [5.41, 5.74) is 15.2. The zero-order chi connectivity index (χ0) is 52.8. The van der Waals surface area contributed by atoms with Gasteiger partial charge in [0.15, 0.2) is 0 Å². The number of piperazine rings is 1. The van der Waals surface area contributed by atoms with Gasteiger partial charge in [-0.3, -0.25) is 39.2 Å². The van der Waals surface area contributed by atoms with Gasteiger partial charge in [-0.15, -0.1) is 0 Å². The van der Waals surface area contributed by atoms with Gasteiger partial charge in [-0.05, 0) is 82.9 Å². The maximum atomic E-state index is 13.9. The van der Waals surface area contributed by atoms with Crippen LogP contribution in [0.1, 0.15) is 86.2 Å². The number of methoxy groups -OCH3 is 1. The fourth-order valence-corrected chi connectivity index (χ4v) is 9.19. The number of imidazole rings is 2. The second kappa shape index (κ2) is 22.3. The summed E-state index contributed by atoms with van der Waals surface area (Å²) in [5.74, 6) is 5.03. The van der Waals surface area contributed by atoms with E-state index in [0.29, 0.717) is 104 Å². The van der Waals surface area contributed by atoms with Crippen LogP contribution in [0.25, 0.3) is 22.1 Å². The van der Waals surface area contributed by atoms with Gasteiger partial charge >= 0.3 is 12.1 Å². The van der Waals surface area contributed by atoms with Crippen LogP contribution in [0.3, 0.4) is 0 Å². The van der Waals surface area contributed by atoms with Crippen molar-refractivity contribution >= 4 is 69.7 Å². The number of benzene rings is 2. The predicted molar refractivity (Wildman–Crippen MR) is 272 cm³/mol. The second-order valence-corrected chi connectivity index (χ2v) is 17.9. The van der Waals surface area contributed by atoms with Crippen LogP contribution in [-0.2, 0) is 26.2 Å². The Hall–Kier alpha value is -8.88. The molecule has 74 heavy (non-hydrogen) atoms. The molecule has 0 saturated carbocycles. The van der Waals surface area contributed by atoms with Gasteiger partial charge in [-0.2, -0.15) is 10.2 Å². The Morgan fingerprint density at radius 2 is 1.16 bits per heavy atom. The highest BCUT2D eigenvalue weighted by Gasteiger charge is 2.30. The molecule has 7 amide bonds. The average molecular weight is 1010 g/mol. The number of carboxylic acid groups (broad SMARTS) is 1. The van der Waals surface area contributed by atoms with E-state index in [-0.39, 0.29) is 66.2 Å². The van der Waals surface area contributed by atoms with Gasteiger partial charge in [0.25, 0.3) is 11.8 Å². The van der Waals surface area contributed by atoms with Crippen molar-refractivity contribution in [3.05, 3.63) is 82.5 Å². The Bertz CT molecular complexity index is 3250. The van der Waals surface area contributed by atoms with Crippen molar-refractivity contribution in [2.45, 2.75) is 73.1 Å². The van der Waals surface area contributed by atoms with Crippen LogP contribution in [0.4, 0.5) is 21.5 Å². The van der Waals surface area contributed by atoms with Crippen LogP contribution in [0, 0.1) is 31.6 Å². The molecule has 24 heteroatoms. The van der Waals surface area contributed by atoms with E-state index >= 15 is 0 Å². The SMILES string of the molecule is CCn1nc(C)cc1C(=O)Nc1nc2cc(C(N)=O)cc(OC)c2n1C/C=C/Cn1c(NC(=O)c2cc(C)nn2CC)nc2cc(C(N)=O)cc(OCC#CCC3CCN(C(=O)N4CCN(C(=O)O)CC4)CC3)c21. The molecule has 2 fully saturated rings. The standard InChI is InChI=1S/C50H59N15O9/c1-6-64-37(24-30(3)57-64)45(68)55-47-53-35-26-33(43(51)66)28-39(73-5)41(35)62(47)15-9-10-16-63-42-36(54-48(63)56-46(69)38-25-31(4)58-65(38)7-2)27-34(44(52)67)29-40(42)74-23-11-8-12-32-13-17-59(18-14-32)49(70)60-19-21-61(22-20-60)50(71)72/h9-10,24-29,32H,6-7,12-23H2,1-5H3,(H2,51,66)(H2,52,67)(H,71,72)(H,53,55,68)(H,54,56,69)/b10-9+. The molecule has 0 atom stereocenters. The Kier molecular flexibility index (Phi) is 15.5. The van der Waals surface area contributed by atoms with Crippen molar-refractivity contribution in [1.29, 1.82) is 0 Å². The summed E-state index contributed by atoms with van der Waals surface area (Å²) < 4.78 is 18.6. The molecule has 2 aliphatic heterocycles. The number of urea groups is 1. The first-order chi connectivity index (χ1) is 35.6. The highest BCUT2D eigenvalue weighted by molar-refractivity contribution is 6.05. The molecule has 7 N–H and O–H groups in total. The van der Waals surface area contributed by atoms with Crippen LogP contribution < -0.4 is 31.6 Å². The number of nitrogens with one attached hydrogen (secondary N) is 2. The largest absolute Gasteiger partial charge is 0.494 e. The van der Waals surface area contributed by atoms with Gasteiger partial charge in [0, 0.05) is 83.0 Å². The zero-order valence-corrected chi connectivity index (χ0v) is 41.9. The first-order valence-electron chi connectivity index (χ1n) is 24.3. The molecular formula is C50H59N15O9. The van der Waals surface area contributed by atoms with Gasteiger partial charge in [0.05, 0.1) is 29.5 Å². The van der Waals surface area contributed by atoms with Gasteiger partial charge in [-0.1, -0.05) is 24.0 Å². The van der Waals surface area contributed by atoms with Crippen molar-refractivity contribution < 1.29 is 43.3 Å². The van der Waals surface area contributed by atoms with Crippen molar-refractivity contribution in [2.24, 2.45) is 17.4 Å². The number of ether oxygens (including phenoxy) is 2. The van der Waals surface area contributed by atoms with Crippen molar-refractivity contribution in [3.63, 3.8) is 0 Å². The molecular weight excluding hydrogens is 955 g/mol. The fraction of sp³-hybridized carbons (Fsp3) is 0.400. The summed E-state index contributed by atoms with van der Waals surface area (Å²) >= 11 is 0. The highest BCUT2D eigenvalue weighted by Crippen LogP contribution is 2.33. The number of allylic oxidation sites excluding steroid dienone is 2.